The van der Waals surface area contributed by atoms with Crippen molar-refractivity contribution in [2.75, 3.05) is 17.1 Å². The zero-order valence-corrected chi connectivity index (χ0v) is 25.6. The van der Waals surface area contributed by atoms with Crippen LogP contribution in [-0.2, 0) is 26.2 Å². The van der Waals surface area contributed by atoms with Gasteiger partial charge in [0.2, 0.25) is 21.8 Å². The topological polar surface area (TPSA) is 86.8 Å². The Hall–Kier alpha value is -2.00. The molecular formula is C28H36Cl3N3O4S. The van der Waals surface area contributed by atoms with E-state index in [9.17, 15) is 18.0 Å². The molecule has 2 amide bonds. The fraction of sp³-hybridized carbons (Fsp3) is 0.500. The molecule has 0 radical (unpaired) electrons. The first-order valence-corrected chi connectivity index (χ1v) is 16.1. The van der Waals surface area contributed by atoms with Crippen molar-refractivity contribution in [2.45, 2.75) is 77.4 Å². The van der Waals surface area contributed by atoms with Crippen LogP contribution in [0.3, 0.4) is 0 Å². The summed E-state index contributed by atoms with van der Waals surface area (Å²) in [5, 5.41) is 4.32. The number of benzene rings is 2. The van der Waals surface area contributed by atoms with E-state index in [2.05, 4.69) is 5.32 Å². The van der Waals surface area contributed by atoms with Crippen molar-refractivity contribution in [1.82, 2.24) is 10.2 Å². The second kappa shape index (κ2) is 14.1. The van der Waals surface area contributed by atoms with Crippen molar-refractivity contribution in [1.29, 1.82) is 0 Å². The lowest BCUT2D eigenvalue weighted by atomic mass is 9.95. The Labute approximate surface area is 246 Å². The molecule has 2 aromatic carbocycles. The van der Waals surface area contributed by atoms with Gasteiger partial charge in [0.15, 0.2) is 0 Å². The predicted octanol–water partition coefficient (Wildman–Crippen LogP) is 6.37. The Balaban J connectivity index is 1.78. The van der Waals surface area contributed by atoms with E-state index < -0.39 is 16.1 Å². The second-order valence-electron chi connectivity index (χ2n) is 10.1. The van der Waals surface area contributed by atoms with Crippen molar-refractivity contribution in [3.05, 3.63) is 62.6 Å². The third-order valence-electron chi connectivity index (χ3n) is 7.10. The molecule has 0 unspecified atom stereocenters. The molecule has 0 aromatic heterocycles. The zero-order valence-electron chi connectivity index (χ0n) is 22.6. The Bertz CT molecular complexity index is 1260. The largest absolute Gasteiger partial charge is 0.352 e. The Morgan fingerprint density at radius 3 is 2.31 bits per heavy atom. The van der Waals surface area contributed by atoms with Gasteiger partial charge in [0.25, 0.3) is 0 Å². The minimum Gasteiger partial charge on any atom is -0.352 e. The molecule has 39 heavy (non-hydrogen) atoms. The van der Waals surface area contributed by atoms with Crippen LogP contribution >= 0.6 is 34.8 Å². The Kier molecular flexibility index (Phi) is 11.4. The SMILES string of the molecule is Cc1ccc(Cl)cc1N(CCCC(=O)N(Cc1c(Cl)cccc1Cl)[C@@H](C)C(=O)NC1CCCCC1)S(C)(=O)=O. The van der Waals surface area contributed by atoms with Gasteiger partial charge in [-0.05, 0) is 62.9 Å². The van der Waals surface area contributed by atoms with E-state index in [4.69, 9.17) is 34.8 Å². The summed E-state index contributed by atoms with van der Waals surface area (Å²) >= 11 is 18.9. The normalized spacial score (nSPS) is 15.0. The van der Waals surface area contributed by atoms with E-state index in [1.807, 2.05) is 0 Å². The number of halogens is 3. The molecule has 1 N–H and O–H groups in total. The lowest BCUT2D eigenvalue weighted by Crippen LogP contribution is -2.50. The fourth-order valence-electron chi connectivity index (χ4n) is 4.84. The van der Waals surface area contributed by atoms with Crippen molar-refractivity contribution in [3.8, 4) is 0 Å². The smallest absolute Gasteiger partial charge is 0.242 e. The maximum absolute atomic E-state index is 13.6. The van der Waals surface area contributed by atoms with Crippen LogP contribution in [0.25, 0.3) is 0 Å². The quantitative estimate of drug-likeness (QED) is 0.318. The Morgan fingerprint density at radius 1 is 1.05 bits per heavy atom. The van der Waals surface area contributed by atoms with Crippen LogP contribution in [0.2, 0.25) is 15.1 Å². The van der Waals surface area contributed by atoms with E-state index in [1.165, 1.54) is 9.21 Å². The van der Waals surface area contributed by atoms with Crippen molar-refractivity contribution >= 4 is 62.3 Å². The molecule has 0 aliphatic heterocycles. The van der Waals surface area contributed by atoms with Gasteiger partial charge >= 0.3 is 0 Å². The number of carbonyl (C=O) groups excluding carboxylic acids is 2. The van der Waals surface area contributed by atoms with E-state index in [0.29, 0.717) is 26.3 Å². The molecule has 1 saturated carbocycles. The lowest BCUT2D eigenvalue weighted by molar-refractivity contribution is -0.141. The molecule has 0 saturated heterocycles. The van der Waals surface area contributed by atoms with Crippen molar-refractivity contribution in [2.24, 2.45) is 0 Å². The van der Waals surface area contributed by atoms with E-state index in [-0.39, 0.29) is 43.8 Å². The van der Waals surface area contributed by atoms with Crippen LogP contribution in [0, 0.1) is 6.92 Å². The summed E-state index contributed by atoms with van der Waals surface area (Å²) in [5.74, 6) is -0.528. The molecule has 1 atom stereocenters. The fourth-order valence-corrected chi connectivity index (χ4v) is 6.54. The van der Waals surface area contributed by atoms with Gasteiger partial charge in [-0.15, -0.1) is 0 Å². The number of amides is 2. The van der Waals surface area contributed by atoms with Crippen LogP contribution in [0.4, 0.5) is 5.69 Å². The van der Waals surface area contributed by atoms with Crippen LogP contribution in [0.1, 0.15) is 63.0 Å². The van der Waals surface area contributed by atoms with Crippen LogP contribution in [0.5, 0.6) is 0 Å². The highest BCUT2D eigenvalue weighted by atomic mass is 35.5. The van der Waals surface area contributed by atoms with Gasteiger partial charge in [-0.3, -0.25) is 13.9 Å². The number of aryl methyl sites for hydroxylation is 1. The number of hydrogen-bond acceptors (Lipinski definition) is 4. The third kappa shape index (κ3) is 8.74. The maximum Gasteiger partial charge on any atom is 0.242 e. The average Bonchev–Trinajstić information content (AvgIpc) is 2.87. The molecule has 11 heteroatoms. The average molecular weight is 617 g/mol. The van der Waals surface area contributed by atoms with Gasteiger partial charge in [0.05, 0.1) is 11.9 Å². The standard InChI is InChI=1S/C28H36Cl3N3O4S/c1-19-14-15-21(29)17-26(19)34(39(3,37)38)16-8-13-27(35)33(18-23-24(30)11-7-12-25(23)31)20(2)28(36)32-22-9-5-4-6-10-22/h7,11-12,14-15,17,20,22H,4-6,8-10,13,16,18H2,1-3H3,(H,32,36)/t20-/m0/s1. The third-order valence-corrected chi connectivity index (χ3v) is 9.22. The highest BCUT2D eigenvalue weighted by Crippen LogP contribution is 2.29. The van der Waals surface area contributed by atoms with Gasteiger partial charge in [-0.1, -0.05) is 66.2 Å². The predicted molar refractivity (Wildman–Crippen MR) is 159 cm³/mol. The Morgan fingerprint density at radius 2 is 1.69 bits per heavy atom. The first kappa shape index (κ1) is 31.5. The molecule has 1 fully saturated rings. The van der Waals surface area contributed by atoms with E-state index in [1.54, 1.807) is 50.2 Å². The molecule has 1 aliphatic carbocycles. The number of hydrogen-bond donors (Lipinski definition) is 1. The van der Waals surface area contributed by atoms with E-state index >= 15 is 0 Å². The van der Waals surface area contributed by atoms with Gasteiger partial charge in [0, 0.05) is 46.2 Å². The summed E-state index contributed by atoms with van der Waals surface area (Å²) in [6.45, 7) is 3.63. The highest BCUT2D eigenvalue weighted by Gasteiger charge is 2.29. The summed E-state index contributed by atoms with van der Waals surface area (Å²) in [5.41, 5.74) is 1.77. The monoisotopic (exact) mass is 615 g/mol. The first-order chi connectivity index (χ1) is 18.4. The van der Waals surface area contributed by atoms with Crippen LogP contribution < -0.4 is 9.62 Å². The summed E-state index contributed by atoms with van der Waals surface area (Å²) < 4.78 is 26.5. The zero-order chi connectivity index (χ0) is 28.7. The molecule has 0 bridgehead atoms. The molecule has 1 aliphatic rings. The molecule has 214 valence electrons. The van der Waals surface area contributed by atoms with Gasteiger partial charge in [-0.25, -0.2) is 8.42 Å². The molecule has 7 nitrogen and oxygen atoms in total. The van der Waals surface area contributed by atoms with Crippen molar-refractivity contribution in [3.63, 3.8) is 0 Å². The van der Waals surface area contributed by atoms with Gasteiger partial charge in [-0.2, -0.15) is 0 Å². The first-order valence-electron chi connectivity index (χ1n) is 13.1. The van der Waals surface area contributed by atoms with Crippen LogP contribution in [0.15, 0.2) is 36.4 Å². The molecular weight excluding hydrogens is 581 g/mol. The number of rotatable bonds is 11. The number of anilines is 1. The highest BCUT2D eigenvalue weighted by molar-refractivity contribution is 7.92. The summed E-state index contributed by atoms with van der Waals surface area (Å²) in [6.07, 6.45) is 6.53. The number of nitrogens with one attached hydrogen (secondary N) is 1. The van der Waals surface area contributed by atoms with E-state index in [0.717, 1.165) is 43.9 Å². The molecule has 0 spiro atoms. The second-order valence-corrected chi connectivity index (χ2v) is 13.3. The van der Waals surface area contributed by atoms with Crippen molar-refractivity contribution < 1.29 is 18.0 Å². The summed E-state index contributed by atoms with van der Waals surface area (Å²) in [4.78, 5) is 28.3. The minimum atomic E-state index is -3.63. The molecule has 0 heterocycles. The summed E-state index contributed by atoms with van der Waals surface area (Å²) in [7, 11) is -3.63. The lowest BCUT2D eigenvalue weighted by Gasteiger charge is -2.32. The van der Waals surface area contributed by atoms with Crippen LogP contribution in [-0.4, -0.2) is 50.0 Å². The molecule has 3 rings (SSSR count). The van der Waals surface area contributed by atoms with Gasteiger partial charge < -0.3 is 10.2 Å². The maximum atomic E-state index is 13.6. The van der Waals surface area contributed by atoms with Gasteiger partial charge in [0.1, 0.15) is 6.04 Å². The number of sulfonamides is 1. The number of nitrogens with zero attached hydrogens (tertiary/aromatic N) is 2. The minimum absolute atomic E-state index is 0.0226. The molecule has 2 aromatic rings. The number of carbonyl (C=O) groups is 2. The summed E-state index contributed by atoms with van der Waals surface area (Å²) in [6, 6.07) is 9.47.